The van der Waals surface area contributed by atoms with Crippen LogP contribution in [0.3, 0.4) is 0 Å². The lowest BCUT2D eigenvalue weighted by atomic mass is 9.69. The predicted octanol–water partition coefficient (Wildman–Crippen LogP) is 4.29. The Morgan fingerprint density at radius 3 is 2.73 bits per heavy atom. The molecule has 2 rings (SSSR count). The topological polar surface area (TPSA) is 13.1 Å². The highest BCUT2D eigenvalue weighted by atomic mass is 16.3. The van der Waals surface area contributed by atoms with Gasteiger partial charge in [-0.15, -0.1) is 0 Å². The van der Waals surface area contributed by atoms with Crippen LogP contribution in [0.15, 0.2) is 22.8 Å². The third-order valence-electron chi connectivity index (χ3n) is 3.63. The number of hydrogen-bond donors (Lipinski definition) is 0. The maximum absolute atomic E-state index is 5.56. The summed E-state index contributed by atoms with van der Waals surface area (Å²) in [7, 11) is 0. The SMILES string of the molecule is CC1CCC(C(C)C)[C](c2ccco2)C1. The Hall–Kier alpha value is -0.720. The van der Waals surface area contributed by atoms with Gasteiger partial charge in [-0.3, -0.25) is 0 Å². The van der Waals surface area contributed by atoms with Gasteiger partial charge in [-0.1, -0.05) is 27.2 Å². The van der Waals surface area contributed by atoms with Crippen molar-refractivity contribution < 1.29 is 4.42 Å². The van der Waals surface area contributed by atoms with Crippen LogP contribution in [0.2, 0.25) is 0 Å². The number of hydrogen-bond acceptors (Lipinski definition) is 1. The van der Waals surface area contributed by atoms with E-state index in [1.807, 2.05) is 6.07 Å². The third-order valence-corrected chi connectivity index (χ3v) is 3.63. The second kappa shape index (κ2) is 4.42. The zero-order valence-corrected chi connectivity index (χ0v) is 9.99. The van der Waals surface area contributed by atoms with Crippen molar-refractivity contribution in [3.8, 4) is 0 Å². The summed E-state index contributed by atoms with van der Waals surface area (Å²) in [5.74, 6) is 4.96. The molecule has 1 aliphatic carbocycles. The zero-order chi connectivity index (χ0) is 10.8. The zero-order valence-electron chi connectivity index (χ0n) is 9.99. The first kappa shape index (κ1) is 10.8. The van der Waals surface area contributed by atoms with Crippen LogP contribution in [-0.4, -0.2) is 0 Å². The second-order valence-electron chi connectivity index (χ2n) is 5.24. The molecule has 1 saturated carbocycles. The molecular weight excluding hydrogens is 184 g/mol. The minimum Gasteiger partial charge on any atom is -0.469 e. The molecule has 0 saturated heterocycles. The van der Waals surface area contributed by atoms with Gasteiger partial charge in [0.05, 0.1) is 6.26 Å². The molecule has 0 amide bonds. The van der Waals surface area contributed by atoms with Crippen LogP contribution in [0.4, 0.5) is 0 Å². The monoisotopic (exact) mass is 205 g/mol. The summed E-state index contributed by atoms with van der Waals surface area (Å²) >= 11 is 0. The molecule has 0 aliphatic heterocycles. The van der Waals surface area contributed by atoms with Gasteiger partial charge in [0.15, 0.2) is 0 Å². The van der Waals surface area contributed by atoms with Crippen LogP contribution < -0.4 is 0 Å². The molecule has 0 spiro atoms. The van der Waals surface area contributed by atoms with Crippen LogP contribution in [0.5, 0.6) is 0 Å². The van der Waals surface area contributed by atoms with Crippen LogP contribution in [-0.2, 0) is 0 Å². The van der Waals surface area contributed by atoms with Crippen LogP contribution >= 0.6 is 0 Å². The smallest absolute Gasteiger partial charge is 0.111 e. The first-order chi connectivity index (χ1) is 7.18. The maximum Gasteiger partial charge on any atom is 0.111 e. The van der Waals surface area contributed by atoms with E-state index in [2.05, 4.69) is 26.8 Å². The Balaban J connectivity index is 2.17. The van der Waals surface area contributed by atoms with E-state index in [0.29, 0.717) is 0 Å². The van der Waals surface area contributed by atoms with Gasteiger partial charge in [-0.25, -0.2) is 0 Å². The van der Waals surface area contributed by atoms with Crippen molar-refractivity contribution in [2.24, 2.45) is 17.8 Å². The van der Waals surface area contributed by atoms with Gasteiger partial charge in [0, 0.05) is 5.92 Å². The Morgan fingerprint density at radius 2 is 2.13 bits per heavy atom. The Labute approximate surface area is 92.9 Å². The van der Waals surface area contributed by atoms with Crippen molar-refractivity contribution in [1.29, 1.82) is 0 Å². The van der Waals surface area contributed by atoms with Crippen molar-refractivity contribution in [2.75, 3.05) is 0 Å². The van der Waals surface area contributed by atoms with E-state index in [4.69, 9.17) is 4.42 Å². The van der Waals surface area contributed by atoms with Gasteiger partial charge < -0.3 is 4.42 Å². The van der Waals surface area contributed by atoms with Crippen LogP contribution in [0, 0.1) is 23.7 Å². The van der Waals surface area contributed by atoms with E-state index < -0.39 is 0 Å². The minimum atomic E-state index is 0.729. The van der Waals surface area contributed by atoms with Gasteiger partial charge in [0.1, 0.15) is 5.76 Å². The molecule has 1 fully saturated rings. The molecule has 0 bridgehead atoms. The highest BCUT2D eigenvalue weighted by Gasteiger charge is 2.33. The summed E-state index contributed by atoms with van der Waals surface area (Å²) in [6.45, 7) is 6.99. The lowest BCUT2D eigenvalue weighted by Crippen LogP contribution is -2.26. The molecule has 0 N–H and O–H groups in total. The van der Waals surface area contributed by atoms with Gasteiger partial charge in [0.25, 0.3) is 0 Å². The molecule has 1 aliphatic rings. The standard InChI is InChI=1S/C14H21O/c1-10(2)12-7-6-11(3)9-13(12)14-5-4-8-15-14/h4-5,8,10-12H,6-7,9H2,1-3H3. The van der Waals surface area contributed by atoms with E-state index in [0.717, 1.165) is 23.5 Å². The molecule has 1 heteroatoms. The van der Waals surface area contributed by atoms with E-state index >= 15 is 0 Å². The van der Waals surface area contributed by atoms with Crippen molar-refractivity contribution in [1.82, 2.24) is 0 Å². The van der Waals surface area contributed by atoms with E-state index in [1.54, 1.807) is 12.2 Å². The molecule has 1 radical (unpaired) electrons. The molecule has 1 aromatic heterocycles. The Bertz CT molecular complexity index is 286. The Morgan fingerprint density at radius 1 is 1.33 bits per heavy atom. The van der Waals surface area contributed by atoms with Crippen molar-refractivity contribution in [2.45, 2.75) is 40.0 Å². The van der Waals surface area contributed by atoms with Crippen LogP contribution in [0.1, 0.15) is 45.8 Å². The lowest BCUT2D eigenvalue weighted by molar-refractivity contribution is 0.259. The molecule has 2 unspecified atom stereocenters. The first-order valence-electron chi connectivity index (χ1n) is 6.08. The summed E-state index contributed by atoms with van der Waals surface area (Å²) in [4.78, 5) is 0. The average Bonchev–Trinajstić information content (AvgIpc) is 2.69. The summed E-state index contributed by atoms with van der Waals surface area (Å²) < 4.78 is 5.56. The third kappa shape index (κ3) is 2.27. The Kier molecular flexibility index (Phi) is 3.18. The van der Waals surface area contributed by atoms with Crippen molar-refractivity contribution in [3.63, 3.8) is 0 Å². The van der Waals surface area contributed by atoms with Crippen LogP contribution in [0.25, 0.3) is 0 Å². The molecule has 83 valence electrons. The second-order valence-corrected chi connectivity index (χ2v) is 5.24. The van der Waals surface area contributed by atoms with Crippen molar-refractivity contribution >= 4 is 0 Å². The fraction of sp³-hybridized carbons (Fsp3) is 0.643. The first-order valence-corrected chi connectivity index (χ1v) is 6.08. The van der Waals surface area contributed by atoms with Gasteiger partial charge >= 0.3 is 0 Å². The fourth-order valence-corrected chi connectivity index (χ4v) is 2.75. The van der Waals surface area contributed by atoms with Gasteiger partial charge in [0.2, 0.25) is 0 Å². The molecule has 1 aromatic rings. The lowest BCUT2D eigenvalue weighted by Gasteiger charge is -2.35. The van der Waals surface area contributed by atoms with E-state index in [9.17, 15) is 0 Å². The molecule has 15 heavy (non-hydrogen) atoms. The van der Waals surface area contributed by atoms with E-state index in [1.165, 1.54) is 19.3 Å². The highest BCUT2D eigenvalue weighted by molar-refractivity contribution is 5.24. The quantitative estimate of drug-likeness (QED) is 0.701. The van der Waals surface area contributed by atoms with Crippen molar-refractivity contribution in [3.05, 3.63) is 30.1 Å². The summed E-state index contributed by atoms with van der Waals surface area (Å²) in [6, 6.07) is 4.11. The molecule has 1 heterocycles. The summed E-state index contributed by atoms with van der Waals surface area (Å²) in [6.07, 6.45) is 5.71. The van der Waals surface area contributed by atoms with Gasteiger partial charge in [-0.2, -0.15) is 0 Å². The predicted molar refractivity (Wildman–Crippen MR) is 62.4 cm³/mol. The largest absolute Gasteiger partial charge is 0.469 e. The number of rotatable bonds is 2. The average molecular weight is 205 g/mol. The minimum absolute atomic E-state index is 0.729. The molecule has 1 nitrogen and oxygen atoms in total. The van der Waals surface area contributed by atoms with E-state index in [-0.39, 0.29) is 0 Å². The highest BCUT2D eigenvalue weighted by Crippen LogP contribution is 2.43. The fourth-order valence-electron chi connectivity index (χ4n) is 2.75. The molecular formula is C14H21O. The molecule has 2 atom stereocenters. The van der Waals surface area contributed by atoms with Gasteiger partial charge in [-0.05, 0) is 42.7 Å². The number of furan rings is 1. The summed E-state index contributed by atoms with van der Waals surface area (Å²) in [5.41, 5.74) is 0. The molecule has 0 aromatic carbocycles. The summed E-state index contributed by atoms with van der Waals surface area (Å²) in [5, 5.41) is 0. The normalized spacial score (nSPS) is 28.5. The maximum atomic E-state index is 5.56.